The molecule has 1 unspecified atom stereocenters. The smallest absolute Gasteiger partial charge is 0.285 e. The van der Waals surface area contributed by atoms with Crippen molar-refractivity contribution in [2.24, 2.45) is 18.9 Å². The Bertz CT molecular complexity index is 1960. The molecule has 4 aromatic rings. The summed E-state index contributed by atoms with van der Waals surface area (Å²) in [5.41, 5.74) is 3.15. The molecule has 4 heterocycles. The Labute approximate surface area is 259 Å². The number of pyridine rings is 1. The molecule has 0 spiro atoms. The van der Waals surface area contributed by atoms with E-state index in [1.54, 1.807) is 17.7 Å². The molecule has 44 heavy (non-hydrogen) atoms. The van der Waals surface area contributed by atoms with Crippen LogP contribution in [0.1, 0.15) is 66.1 Å². The van der Waals surface area contributed by atoms with Crippen LogP contribution in [0.3, 0.4) is 0 Å². The third-order valence-electron chi connectivity index (χ3n) is 8.40. The van der Waals surface area contributed by atoms with Crippen molar-refractivity contribution >= 4 is 50.1 Å². The predicted molar refractivity (Wildman–Crippen MR) is 168 cm³/mol. The van der Waals surface area contributed by atoms with E-state index in [2.05, 4.69) is 39.4 Å². The van der Waals surface area contributed by atoms with Crippen molar-refractivity contribution in [1.82, 2.24) is 34.3 Å². The zero-order valence-electron chi connectivity index (χ0n) is 25.2. The SMILES string of the molecule is Cc1cc([C@@H](C)Nc2ccc(Cl)nc2C(=O)NS(C)(=O)=O)c2nc(N3C[C@@H]4C(c5cn(C(C)C)nn5)[C@@H]4C3)n(C)c(=O)c2c1. The van der Waals surface area contributed by atoms with Crippen LogP contribution in [0.2, 0.25) is 5.15 Å². The number of hydrogen-bond acceptors (Lipinski definition) is 10. The molecule has 2 aliphatic rings. The molecular formula is C29H34ClN9O4S. The van der Waals surface area contributed by atoms with Gasteiger partial charge in [0, 0.05) is 43.9 Å². The molecule has 13 nitrogen and oxygen atoms in total. The first kappa shape index (κ1) is 30.0. The maximum Gasteiger partial charge on any atom is 0.285 e. The Morgan fingerprint density at radius 3 is 2.45 bits per heavy atom. The summed E-state index contributed by atoms with van der Waals surface area (Å²) in [6.07, 6.45) is 2.92. The van der Waals surface area contributed by atoms with Crippen LogP contribution in [-0.4, -0.2) is 63.2 Å². The van der Waals surface area contributed by atoms with Gasteiger partial charge >= 0.3 is 0 Å². The van der Waals surface area contributed by atoms with Crippen LogP contribution < -0.4 is 20.5 Å². The maximum atomic E-state index is 13.7. The highest BCUT2D eigenvalue weighted by molar-refractivity contribution is 7.89. The molecule has 232 valence electrons. The van der Waals surface area contributed by atoms with Crippen molar-refractivity contribution in [2.45, 2.75) is 45.7 Å². The molecule has 1 aliphatic heterocycles. The van der Waals surface area contributed by atoms with E-state index in [1.807, 2.05) is 41.6 Å². The number of aryl methyl sites for hydroxylation is 1. The number of sulfonamides is 1. The van der Waals surface area contributed by atoms with E-state index in [9.17, 15) is 18.0 Å². The number of aromatic nitrogens is 6. The molecule has 1 amide bonds. The van der Waals surface area contributed by atoms with Crippen LogP contribution >= 0.6 is 11.6 Å². The summed E-state index contributed by atoms with van der Waals surface area (Å²) < 4.78 is 28.9. The second-order valence-corrected chi connectivity index (χ2v) is 14.2. The van der Waals surface area contributed by atoms with Crippen LogP contribution in [0.15, 0.2) is 35.3 Å². The van der Waals surface area contributed by atoms with Gasteiger partial charge in [-0.2, -0.15) is 0 Å². The Kier molecular flexibility index (Phi) is 7.39. The summed E-state index contributed by atoms with van der Waals surface area (Å²) in [4.78, 5) is 37.7. The summed E-state index contributed by atoms with van der Waals surface area (Å²) in [5.74, 6) is 0.892. The molecule has 1 saturated carbocycles. The molecule has 2 fully saturated rings. The van der Waals surface area contributed by atoms with Gasteiger partial charge in [-0.15, -0.1) is 5.10 Å². The van der Waals surface area contributed by atoms with Crippen molar-refractivity contribution in [3.05, 3.63) is 68.5 Å². The lowest BCUT2D eigenvalue weighted by Crippen LogP contribution is -2.32. The standard InChI is InChI=1S/C29H34ClN9O4S/c1-14(2)39-13-22(34-36-39)24-19-11-38(12-20(19)24)29-33-25-17(9-15(3)10-18(25)28(41)37(29)5)16(4)31-21-7-8-23(30)32-26(21)27(40)35-44(6,42)43/h7-10,13-14,16,19-20,24,31H,11-12H2,1-6H3,(H,35,40)/t16-,19-,20+,24?/m1/s1. The quantitative estimate of drug-likeness (QED) is 0.274. The number of nitrogens with one attached hydrogen (secondary N) is 2. The van der Waals surface area contributed by atoms with Crippen molar-refractivity contribution < 1.29 is 13.2 Å². The van der Waals surface area contributed by atoms with Gasteiger partial charge in [-0.05, 0) is 63.3 Å². The molecule has 3 aromatic heterocycles. The van der Waals surface area contributed by atoms with E-state index in [1.165, 1.54) is 6.07 Å². The fourth-order valence-electron chi connectivity index (χ4n) is 6.23. The Balaban J connectivity index is 1.31. The van der Waals surface area contributed by atoms with E-state index in [-0.39, 0.29) is 28.1 Å². The summed E-state index contributed by atoms with van der Waals surface area (Å²) >= 11 is 6.04. The maximum absolute atomic E-state index is 13.7. The molecule has 15 heteroatoms. The Morgan fingerprint density at radius 1 is 1.11 bits per heavy atom. The summed E-state index contributed by atoms with van der Waals surface area (Å²) in [7, 11) is -2.08. The second kappa shape index (κ2) is 10.8. The number of piperidine rings is 1. The van der Waals surface area contributed by atoms with Gasteiger partial charge in [-0.1, -0.05) is 22.9 Å². The Morgan fingerprint density at radius 2 is 1.82 bits per heavy atom. The molecular weight excluding hydrogens is 606 g/mol. The third-order valence-corrected chi connectivity index (χ3v) is 9.17. The molecule has 1 aromatic carbocycles. The average Bonchev–Trinajstić information content (AvgIpc) is 3.28. The van der Waals surface area contributed by atoms with E-state index < -0.39 is 22.0 Å². The van der Waals surface area contributed by atoms with Crippen LogP contribution in [0.5, 0.6) is 0 Å². The lowest BCUT2D eigenvalue weighted by molar-refractivity contribution is 0.0977. The van der Waals surface area contributed by atoms with E-state index in [4.69, 9.17) is 16.6 Å². The van der Waals surface area contributed by atoms with Gasteiger partial charge in [0.1, 0.15) is 5.15 Å². The highest BCUT2D eigenvalue weighted by atomic mass is 35.5. The summed E-state index contributed by atoms with van der Waals surface area (Å²) in [6, 6.07) is 6.65. The first-order valence-electron chi connectivity index (χ1n) is 14.3. The molecule has 2 N–H and O–H groups in total. The van der Waals surface area contributed by atoms with Crippen molar-refractivity contribution in [3.8, 4) is 0 Å². The normalized spacial score (nSPS) is 20.2. The van der Waals surface area contributed by atoms with Crippen molar-refractivity contribution in [1.29, 1.82) is 0 Å². The van der Waals surface area contributed by atoms with Crippen LogP contribution in [0.25, 0.3) is 10.9 Å². The van der Waals surface area contributed by atoms with Gasteiger partial charge in [-0.3, -0.25) is 14.2 Å². The average molecular weight is 640 g/mol. The Hall–Kier alpha value is -4.04. The predicted octanol–water partition coefficient (Wildman–Crippen LogP) is 3.18. The van der Waals surface area contributed by atoms with E-state index in [0.29, 0.717) is 34.6 Å². The molecule has 0 bridgehead atoms. The highest BCUT2D eigenvalue weighted by Crippen LogP contribution is 2.58. The molecule has 1 saturated heterocycles. The topological polar surface area (TPSA) is 157 Å². The minimum atomic E-state index is -3.83. The number of rotatable bonds is 8. The van der Waals surface area contributed by atoms with Gasteiger partial charge in [-0.25, -0.2) is 27.8 Å². The number of anilines is 2. The molecule has 6 rings (SSSR count). The number of fused-ring (bicyclic) bond motifs is 2. The highest BCUT2D eigenvalue weighted by Gasteiger charge is 2.58. The number of carbonyl (C=O) groups is 1. The molecule has 4 atom stereocenters. The number of nitrogens with zero attached hydrogens (tertiary/aromatic N) is 7. The van der Waals surface area contributed by atoms with E-state index >= 15 is 0 Å². The monoisotopic (exact) mass is 639 g/mol. The summed E-state index contributed by atoms with van der Waals surface area (Å²) in [5, 5.41) is 12.5. The number of hydrogen-bond donors (Lipinski definition) is 2. The van der Waals surface area contributed by atoms with Gasteiger partial charge in [0.25, 0.3) is 11.5 Å². The van der Waals surface area contributed by atoms with Gasteiger partial charge in [0.05, 0.1) is 34.6 Å². The second-order valence-electron chi connectivity index (χ2n) is 12.1. The number of carbonyl (C=O) groups excluding carboxylic acids is 1. The summed E-state index contributed by atoms with van der Waals surface area (Å²) in [6.45, 7) is 9.46. The van der Waals surface area contributed by atoms with Gasteiger partial charge in [0.2, 0.25) is 16.0 Å². The minimum Gasteiger partial charge on any atom is -0.377 e. The van der Waals surface area contributed by atoms with Crippen molar-refractivity contribution in [2.75, 3.05) is 29.6 Å². The van der Waals surface area contributed by atoms with Gasteiger partial charge < -0.3 is 10.2 Å². The number of halogens is 1. The third kappa shape index (κ3) is 5.52. The van der Waals surface area contributed by atoms with Gasteiger partial charge in [0.15, 0.2) is 5.69 Å². The first-order chi connectivity index (χ1) is 20.7. The van der Waals surface area contributed by atoms with Crippen LogP contribution in [-0.2, 0) is 17.1 Å². The fourth-order valence-corrected chi connectivity index (χ4v) is 6.81. The lowest BCUT2D eigenvalue weighted by Gasteiger charge is -2.25. The largest absolute Gasteiger partial charge is 0.377 e. The fraction of sp³-hybridized carbons (Fsp3) is 0.448. The first-order valence-corrected chi connectivity index (χ1v) is 16.6. The zero-order chi connectivity index (χ0) is 31.7. The van der Waals surface area contributed by atoms with Crippen LogP contribution in [0, 0.1) is 18.8 Å². The van der Waals surface area contributed by atoms with Crippen LogP contribution in [0.4, 0.5) is 11.6 Å². The minimum absolute atomic E-state index is 0.0353. The lowest BCUT2D eigenvalue weighted by atomic mass is 10.0. The zero-order valence-corrected chi connectivity index (χ0v) is 26.8. The molecule has 1 aliphatic carbocycles. The van der Waals surface area contributed by atoms with E-state index in [0.717, 1.165) is 36.2 Å². The van der Waals surface area contributed by atoms with Crippen molar-refractivity contribution in [3.63, 3.8) is 0 Å². The number of benzene rings is 1. The number of amides is 1. The molecule has 0 radical (unpaired) electrons.